The summed E-state index contributed by atoms with van der Waals surface area (Å²) in [6.45, 7) is -0.0967. The fraction of sp³-hybridized carbons (Fsp3) is 0.0909. The maximum Gasteiger partial charge on any atom is 0.257 e. The van der Waals surface area contributed by atoms with Crippen molar-refractivity contribution in [3.63, 3.8) is 0 Å². The van der Waals surface area contributed by atoms with E-state index in [1.165, 1.54) is 0 Å². The molecule has 8 heteroatoms. The molecule has 1 aromatic heterocycles. The minimum atomic E-state index is -0.370. The second-order valence-corrected chi connectivity index (χ2v) is 3.72. The van der Waals surface area contributed by atoms with Crippen LogP contribution < -0.4 is 21.9 Å². The van der Waals surface area contributed by atoms with Crippen LogP contribution in [0.5, 0.6) is 0 Å². The first kappa shape index (κ1) is 12.6. The number of hydrogen-bond donors (Lipinski definition) is 5. The lowest BCUT2D eigenvalue weighted by molar-refractivity contribution is -0.119. The highest BCUT2D eigenvalue weighted by atomic mass is 16.2. The molecule has 0 atom stereocenters. The van der Waals surface area contributed by atoms with E-state index < -0.39 is 0 Å². The third-order valence-electron chi connectivity index (χ3n) is 2.33. The molecule has 0 aliphatic carbocycles. The summed E-state index contributed by atoms with van der Waals surface area (Å²) in [5, 5.41) is 18.8. The average molecular weight is 259 g/mol. The smallest absolute Gasteiger partial charge is 0.257 e. The van der Waals surface area contributed by atoms with Gasteiger partial charge in [0.25, 0.3) is 5.91 Å². The highest BCUT2D eigenvalue weighted by molar-refractivity contribution is 5.92. The number of nitrogens with zero attached hydrogens (tertiary/aromatic N) is 2. The lowest BCUT2D eigenvalue weighted by atomic mass is 10.2. The highest BCUT2D eigenvalue weighted by Crippen LogP contribution is 2.18. The number of benzene rings is 1. The Morgan fingerprint density at radius 2 is 2.16 bits per heavy atom. The van der Waals surface area contributed by atoms with Crippen molar-refractivity contribution in [3.05, 3.63) is 30.5 Å². The molecule has 6 N–H and O–H groups in total. The van der Waals surface area contributed by atoms with Crippen molar-refractivity contribution >= 4 is 28.5 Å². The number of amides is 1. The van der Waals surface area contributed by atoms with Crippen LogP contribution in [-0.4, -0.2) is 28.6 Å². The van der Waals surface area contributed by atoms with Crippen molar-refractivity contribution in [2.75, 3.05) is 12.0 Å². The molecule has 1 heterocycles. The monoisotopic (exact) mass is 259 g/mol. The maximum absolute atomic E-state index is 11.4. The lowest BCUT2D eigenvalue weighted by Gasteiger charge is -2.09. The van der Waals surface area contributed by atoms with Crippen LogP contribution in [0.2, 0.25) is 0 Å². The van der Waals surface area contributed by atoms with Crippen molar-refractivity contribution < 1.29 is 4.79 Å². The van der Waals surface area contributed by atoms with Gasteiger partial charge in [-0.25, -0.2) is 0 Å². The van der Waals surface area contributed by atoms with Gasteiger partial charge in [0.1, 0.15) is 0 Å². The van der Waals surface area contributed by atoms with Gasteiger partial charge in [-0.05, 0) is 0 Å². The fourth-order valence-electron chi connectivity index (χ4n) is 1.47. The van der Waals surface area contributed by atoms with Gasteiger partial charge in [-0.3, -0.25) is 21.1 Å². The molecule has 0 radical (unpaired) electrons. The van der Waals surface area contributed by atoms with E-state index >= 15 is 0 Å². The quantitative estimate of drug-likeness (QED) is 0.287. The first-order valence-corrected chi connectivity index (χ1v) is 5.50. The zero-order chi connectivity index (χ0) is 13.7. The van der Waals surface area contributed by atoms with E-state index in [0.29, 0.717) is 5.82 Å². The number of guanidine groups is 1. The largest absolute Gasteiger partial charge is 0.370 e. The van der Waals surface area contributed by atoms with Crippen LogP contribution in [0.25, 0.3) is 10.8 Å². The summed E-state index contributed by atoms with van der Waals surface area (Å²) in [6.07, 6.45) is 1.64. The first-order valence-electron chi connectivity index (χ1n) is 5.50. The number of nitrogens with two attached hydrogens (primary N) is 1. The standard InChI is InChI=1S/C11H13N7O/c12-11(13)14-6-9(19)16-18-10-8-4-2-1-3-7(8)5-15-17-10/h1-5H,6H2,(H,16,19)(H,17,18)(H4,12,13,14). The second kappa shape index (κ2) is 5.63. The lowest BCUT2D eigenvalue weighted by Crippen LogP contribution is -2.41. The van der Waals surface area contributed by atoms with E-state index in [1.54, 1.807) is 6.20 Å². The Bertz CT molecular complexity index is 608. The van der Waals surface area contributed by atoms with E-state index in [2.05, 4.69) is 26.4 Å². The minimum absolute atomic E-state index is 0.0967. The van der Waals surface area contributed by atoms with Gasteiger partial charge in [-0.1, -0.05) is 24.3 Å². The Hall–Kier alpha value is -2.90. The van der Waals surface area contributed by atoms with Gasteiger partial charge in [0.2, 0.25) is 0 Å². The molecule has 0 saturated heterocycles. The van der Waals surface area contributed by atoms with Gasteiger partial charge in [-0.15, -0.1) is 5.10 Å². The molecule has 0 saturated carbocycles. The zero-order valence-electron chi connectivity index (χ0n) is 9.97. The zero-order valence-corrected chi connectivity index (χ0v) is 9.97. The number of aromatic nitrogens is 2. The van der Waals surface area contributed by atoms with Crippen LogP contribution in [0.4, 0.5) is 5.82 Å². The van der Waals surface area contributed by atoms with Gasteiger partial charge in [0.05, 0.1) is 12.7 Å². The van der Waals surface area contributed by atoms with Crippen LogP contribution in [0.15, 0.2) is 30.5 Å². The molecular weight excluding hydrogens is 246 g/mol. The van der Waals surface area contributed by atoms with E-state index in [0.717, 1.165) is 10.8 Å². The highest BCUT2D eigenvalue weighted by Gasteiger charge is 2.04. The van der Waals surface area contributed by atoms with Gasteiger partial charge < -0.3 is 11.1 Å². The average Bonchev–Trinajstić information content (AvgIpc) is 2.42. The molecule has 1 aromatic carbocycles. The van der Waals surface area contributed by atoms with Crippen molar-refractivity contribution in [3.8, 4) is 0 Å². The summed E-state index contributed by atoms with van der Waals surface area (Å²) in [4.78, 5) is 11.4. The Morgan fingerprint density at radius 3 is 2.95 bits per heavy atom. The van der Waals surface area contributed by atoms with Crippen LogP contribution in [0, 0.1) is 5.41 Å². The number of fused-ring (bicyclic) bond motifs is 1. The third kappa shape index (κ3) is 3.28. The Labute approximate surface area is 108 Å². The number of nitrogens with one attached hydrogen (secondary N) is 4. The van der Waals surface area contributed by atoms with Gasteiger partial charge in [-0.2, -0.15) is 5.10 Å². The molecule has 0 bridgehead atoms. The minimum Gasteiger partial charge on any atom is -0.370 e. The number of carbonyl (C=O) groups is 1. The number of rotatable bonds is 4. The maximum atomic E-state index is 11.4. The summed E-state index contributed by atoms with van der Waals surface area (Å²) in [5.41, 5.74) is 10.2. The van der Waals surface area contributed by atoms with E-state index in [4.69, 9.17) is 11.1 Å². The molecule has 19 heavy (non-hydrogen) atoms. The number of anilines is 1. The number of carbonyl (C=O) groups excluding carboxylic acids is 1. The van der Waals surface area contributed by atoms with Crippen LogP contribution >= 0.6 is 0 Å². The Morgan fingerprint density at radius 1 is 1.37 bits per heavy atom. The summed E-state index contributed by atoms with van der Waals surface area (Å²) in [5.74, 6) is -0.181. The van der Waals surface area contributed by atoms with E-state index in [-0.39, 0.29) is 18.4 Å². The summed E-state index contributed by atoms with van der Waals surface area (Å²) < 4.78 is 0. The van der Waals surface area contributed by atoms with Crippen molar-refractivity contribution in [1.29, 1.82) is 5.41 Å². The molecule has 0 aliphatic heterocycles. The predicted molar refractivity (Wildman–Crippen MR) is 71.2 cm³/mol. The summed E-state index contributed by atoms with van der Waals surface area (Å²) in [6, 6.07) is 7.53. The Balaban J connectivity index is 2.02. The van der Waals surface area contributed by atoms with Gasteiger partial charge in [0.15, 0.2) is 11.8 Å². The molecule has 2 aromatic rings. The second-order valence-electron chi connectivity index (χ2n) is 3.72. The normalized spacial score (nSPS) is 9.89. The summed E-state index contributed by atoms with van der Waals surface area (Å²) >= 11 is 0. The molecule has 2 rings (SSSR count). The van der Waals surface area contributed by atoms with Crippen LogP contribution in [-0.2, 0) is 4.79 Å². The van der Waals surface area contributed by atoms with Gasteiger partial charge in [0, 0.05) is 10.8 Å². The van der Waals surface area contributed by atoms with Crippen molar-refractivity contribution in [2.45, 2.75) is 0 Å². The molecular formula is C11H13N7O. The molecule has 8 nitrogen and oxygen atoms in total. The number of hydrogen-bond acceptors (Lipinski definition) is 5. The molecule has 98 valence electrons. The molecule has 0 fully saturated rings. The van der Waals surface area contributed by atoms with Gasteiger partial charge >= 0.3 is 0 Å². The van der Waals surface area contributed by atoms with Crippen molar-refractivity contribution in [1.82, 2.24) is 20.9 Å². The molecule has 1 amide bonds. The molecule has 0 unspecified atom stereocenters. The fourth-order valence-corrected chi connectivity index (χ4v) is 1.47. The van der Waals surface area contributed by atoms with Crippen molar-refractivity contribution in [2.24, 2.45) is 5.73 Å². The molecule has 0 spiro atoms. The topological polar surface area (TPSA) is 129 Å². The van der Waals surface area contributed by atoms with Crippen LogP contribution in [0.3, 0.4) is 0 Å². The molecule has 0 aliphatic rings. The summed E-state index contributed by atoms with van der Waals surface area (Å²) in [7, 11) is 0. The predicted octanol–water partition coefficient (Wildman–Crippen LogP) is -0.444. The van der Waals surface area contributed by atoms with E-state index in [9.17, 15) is 4.79 Å². The van der Waals surface area contributed by atoms with E-state index in [1.807, 2.05) is 24.3 Å². The van der Waals surface area contributed by atoms with Crippen LogP contribution in [0.1, 0.15) is 0 Å². The third-order valence-corrected chi connectivity index (χ3v) is 2.33. The SMILES string of the molecule is N=C(N)NCC(=O)NNc1nncc2ccccc12. The first-order chi connectivity index (χ1) is 9.16. The Kier molecular flexibility index (Phi) is 3.72. The number of hydrazine groups is 1.